The molecule has 1 aromatic carbocycles. The van der Waals surface area contributed by atoms with Crippen LogP contribution < -0.4 is 4.90 Å². The van der Waals surface area contributed by atoms with Crippen LogP contribution in [0.2, 0.25) is 5.02 Å². The summed E-state index contributed by atoms with van der Waals surface area (Å²) in [5, 5.41) is 5.55. The Hall–Kier alpha value is -1.96. The summed E-state index contributed by atoms with van der Waals surface area (Å²) in [6.07, 6.45) is 1.98. The first-order chi connectivity index (χ1) is 12.5. The Balaban J connectivity index is 1.73. The van der Waals surface area contributed by atoms with Crippen molar-refractivity contribution in [1.82, 2.24) is 14.8 Å². The van der Waals surface area contributed by atoms with Crippen LogP contribution in [0.1, 0.15) is 29.0 Å². The average Bonchev–Trinajstić information content (AvgIpc) is 3.33. The molecule has 1 fully saturated rings. The van der Waals surface area contributed by atoms with Crippen molar-refractivity contribution in [1.29, 1.82) is 0 Å². The second kappa shape index (κ2) is 6.98. The second-order valence-corrected chi connectivity index (χ2v) is 7.84. The molecule has 0 radical (unpaired) electrons. The third-order valence-electron chi connectivity index (χ3n) is 4.58. The number of para-hydroxylation sites is 1. The molecule has 1 amide bonds. The number of aryl methyl sites for hydroxylation is 2. The fourth-order valence-corrected chi connectivity index (χ4v) is 4.33. The minimum absolute atomic E-state index is 0.0197. The number of nitrogens with zero attached hydrogens (tertiary/aromatic N) is 4. The molecule has 1 aliphatic heterocycles. The van der Waals surface area contributed by atoms with Crippen molar-refractivity contribution in [3.63, 3.8) is 0 Å². The van der Waals surface area contributed by atoms with Crippen LogP contribution >= 0.6 is 22.9 Å². The lowest BCUT2D eigenvalue weighted by molar-refractivity contribution is 0.0913. The predicted octanol–water partition coefficient (Wildman–Crippen LogP) is 3.82. The van der Waals surface area contributed by atoms with Gasteiger partial charge < -0.3 is 4.74 Å². The zero-order chi connectivity index (χ0) is 18.3. The van der Waals surface area contributed by atoms with Crippen molar-refractivity contribution < 1.29 is 9.53 Å². The van der Waals surface area contributed by atoms with Crippen LogP contribution in [-0.2, 0) is 11.8 Å². The molecular formula is C18H19ClN4O2S. The molecule has 4 rings (SSSR count). The molecule has 0 N–H and O–H groups in total. The van der Waals surface area contributed by atoms with E-state index in [4.69, 9.17) is 16.3 Å². The summed E-state index contributed by atoms with van der Waals surface area (Å²) in [5.74, 6) is -0.167. The van der Waals surface area contributed by atoms with E-state index in [9.17, 15) is 4.79 Å². The third kappa shape index (κ3) is 3.22. The number of carbonyl (C=O) groups is 1. The Morgan fingerprint density at radius 1 is 1.50 bits per heavy atom. The van der Waals surface area contributed by atoms with Gasteiger partial charge >= 0.3 is 0 Å². The molecule has 0 aliphatic carbocycles. The highest BCUT2D eigenvalue weighted by Gasteiger charge is 2.28. The number of benzene rings is 1. The summed E-state index contributed by atoms with van der Waals surface area (Å²) in [4.78, 5) is 19.5. The van der Waals surface area contributed by atoms with Crippen LogP contribution in [0.5, 0.6) is 0 Å². The third-order valence-corrected chi connectivity index (χ3v) is 5.93. The lowest BCUT2D eigenvalue weighted by atomic mass is 10.2. The largest absolute Gasteiger partial charge is 0.376 e. The van der Waals surface area contributed by atoms with Gasteiger partial charge in [0.1, 0.15) is 5.52 Å². The predicted molar refractivity (Wildman–Crippen MR) is 103 cm³/mol. The Morgan fingerprint density at radius 2 is 2.35 bits per heavy atom. The highest BCUT2D eigenvalue weighted by Crippen LogP contribution is 2.34. The highest BCUT2D eigenvalue weighted by molar-refractivity contribution is 7.22. The van der Waals surface area contributed by atoms with Crippen LogP contribution in [-0.4, -0.2) is 39.9 Å². The van der Waals surface area contributed by atoms with E-state index in [0.29, 0.717) is 22.4 Å². The summed E-state index contributed by atoms with van der Waals surface area (Å²) in [6, 6.07) is 7.45. The molecule has 1 unspecified atom stereocenters. The maximum atomic E-state index is 13.2. The van der Waals surface area contributed by atoms with Gasteiger partial charge in [0.2, 0.25) is 0 Å². The van der Waals surface area contributed by atoms with Gasteiger partial charge in [0.15, 0.2) is 10.8 Å². The molecule has 136 valence electrons. The van der Waals surface area contributed by atoms with E-state index in [0.717, 1.165) is 35.4 Å². The number of halogens is 1. The zero-order valence-electron chi connectivity index (χ0n) is 14.6. The summed E-state index contributed by atoms with van der Waals surface area (Å²) >= 11 is 7.72. The Labute approximate surface area is 160 Å². The first kappa shape index (κ1) is 17.5. The van der Waals surface area contributed by atoms with Gasteiger partial charge in [-0.15, -0.1) is 0 Å². The average molecular weight is 391 g/mol. The van der Waals surface area contributed by atoms with Gasteiger partial charge in [-0.25, -0.2) is 4.98 Å². The van der Waals surface area contributed by atoms with Gasteiger partial charge in [0.05, 0.1) is 22.4 Å². The van der Waals surface area contributed by atoms with Gasteiger partial charge in [0, 0.05) is 19.3 Å². The van der Waals surface area contributed by atoms with Crippen LogP contribution in [0.3, 0.4) is 0 Å². The molecule has 0 spiro atoms. The number of fused-ring (bicyclic) bond motifs is 1. The molecule has 1 atom stereocenters. The lowest BCUT2D eigenvalue weighted by Gasteiger charge is -2.22. The van der Waals surface area contributed by atoms with Gasteiger partial charge in [-0.2, -0.15) is 5.10 Å². The smallest absolute Gasteiger partial charge is 0.280 e. The number of ether oxygens (including phenoxy) is 1. The molecule has 3 aromatic rings. The number of thiazole rings is 1. The quantitative estimate of drug-likeness (QED) is 0.679. The van der Waals surface area contributed by atoms with E-state index >= 15 is 0 Å². The fraction of sp³-hybridized carbons (Fsp3) is 0.389. The standard InChI is InChI=1S/C18H19ClN4O2S/c1-11-9-14(21-22(11)2)17(24)23(10-12-5-4-8-25-12)18-20-16-13(19)6-3-7-15(16)26-18/h3,6-7,9,12H,4-5,8,10H2,1-2H3. The van der Waals surface area contributed by atoms with Crippen molar-refractivity contribution in [3.05, 3.63) is 40.7 Å². The number of carbonyl (C=O) groups excluding carboxylic acids is 1. The monoisotopic (exact) mass is 390 g/mol. The van der Waals surface area contributed by atoms with Crippen molar-refractivity contribution in [2.24, 2.45) is 7.05 Å². The van der Waals surface area contributed by atoms with E-state index < -0.39 is 0 Å². The minimum atomic E-state index is -0.167. The van der Waals surface area contributed by atoms with Crippen LogP contribution in [0.4, 0.5) is 5.13 Å². The normalized spacial score (nSPS) is 17.1. The van der Waals surface area contributed by atoms with E-state index in [1.807, 2.05) is 32.2 Å². The second-order valence-electron chi connectivity index (χ2n) is 6.43. The summed E-state index contributed by atoms with van der Waals surface area (Å²) < 4.78 is 8.40. The molecule has 1 aliphatic rings. The SMILES string of the molecule is Cc1cc(C(=O)N(CC2CCCO2)c2nc3c(Cl)cccc3s2)nn1C. The number of anilines is 1. The van der Waals surface area contributed by atoms with Crippen molar-refractivity contribution in [3.8, 4) is 0 Å². The van der Waals surface area contributed by atoms with Crippen molar-refractivity contribution >= 4 is 44.2 Å². The minimum Gasteiger partial charge on any atom is -0.376 e. The molecular weight excluding hydrogens is 372 g/mol. The van der Waals surface area contributed by atoms with Gasteiger partial charge in [-0.1, -0.05) is 29.0 Å². The van der Waals surface area contributed by atoms with Gasteiger partial charge in [-0.3, -0.25) is 14.4 Å². The molecule has 6 nitrogen and oxygen atoms in total. The van der Waals surface area contributed by atoms with E-state index in [1.54, 1.807) is 15.6 Å². The van der Waals surface area contributed by atoms with Crippen molar-refractivity contribution in [2.45, 2.75) is 25.9 Å². The van der Waals surface area contributed by atoms with Crippen molar-refractivity contribution in [2.75, 3.05) is 18.1 Å². The molecule has 1 saturated heterocycles. The summed E-state index contributed by atoms with van der Waals surface area (Å²) in [7, 11) is 1.83. The van der Waals surface area contributed by atoms with E-state index in [1.165, 1.54) is 11.3 Å². The zero-order valence-corrected chi connectivity index (χ0v) is 16.2. The molecule has 2 aromatic heterocycles. The lowest BCUT2D eigenvalue weighted by Crippen LogP contribution is -2.37. The Kier molecular flexibility index (Phi) is 4.69. The van der Waals surface area contributed by atoms with Crippen LogP contribution in [0.25, 0.3) is 10.2 Å². The number of hydrogen-bond donors (Lipinski definition) is 0. The first-order valence-corrected chi connectivity index (χ1v) is 9.71. The molecule has 0 saturated carbocycles. The van der Waals surface area contributed by atoms with E-state index in [2.05, 4.69) is 10.1 Å². The maximum absolute atomic E-state index is 13.2. The topological polar surface area (TPSA) is 60.3 Å². The number of aromatic nitrogens is 3. The Bertz CT molecular complexity index is 942. The maximum Gasteiger partial charge on any atom is 0.280 e. The molecule has 0 bridgehead atoms. The Morgan fingerprint density at radius 3 is 3.00 bits per heavy atom. The number of rotatable bonds is 4. The highest BCUT2D eigenvalue weighted by atomic mass is 35.5. The van der Waals surface area contributed by atoms with Gasteiger partial charge in [0.25, 0.3) is 5.91 Å². The van der Waals surface area contributed by atoms with Crippen LogP contribution in [0, 0.1) is 6.92 Å². The van der Waals surface area contributed by atoms with E-state index in [-0.39, 0.29) is 12.0 Å². The van der Waals surface area contributed by atoms with Crippen LogP contribution in [0.15, 0.2) is 24.3 Å². The molecule has 3 heterocycles. The number of hydrogen-bond acceptors (Lipinski definition) is 5. The summed E-state index contributed by atoms with van der Waals surface area (Å²) in [6.45, 7) is 3.12. The summed E-state index contributed by atoms with van der Waals surface area (Å²) in [5.41, 5.74) is 2.06. The number of amides is 1. The van der Waals surface area contributed by atoms with Gasteiger partial charge in [-0.05, 0) is 38.0 Å². The first-order valence-electron chi connectivity index (χ1n) is 8.52. The molecule has 8 heteroatoms. The fourth-order valence-electron chi connectivity index (χ4n) is 3.06. The molecule has 26 heavy (non-hydrogen) atoms.